The number of hydrogen-bond donors (Lipinski definition) is 1. The number of aromatic nitrogens is 2. The van der Waals surface area contributed by atoms with Crippen molar-refractivity contribution in [3.05, 3.63) is 76.8 Å². The number of carbonyl (C=O) groups excluding carboxylic acids is 1. The van der Waals surface area contributed by atoms with Crippen molar-refractivity contribution < 1.29 is 13.9 Å². The molecular weight excluding hydrogens is 357 g/mol. The molecule has 5 nitrogen and oxygen atoms in total. The lowest BCUT2D eigenvalue weighted by Gasteiger charge is -2.07. The van der Waals surface area contributed by atoms with Gasteiger partial charge in [0.25, 0.3) is 5.91 Å². The van der Waals surface area contributed by atoms with E-state index in [4.69, 9.17) is 16.3 Å². The third-order valence-corrected chi connectivity index (χ3v) is 4.05. The summed E-state index contributed by atoms with van der Waals surface area (Å²) in [7, 11) is 0. The highest BCUT2D eigenvalue weighted by Gasteiger charge is 2.19. The van der Waals surface area contributed by atoms with Crippen molar-refractivity contribution in [1.82, 2.24) is 15.1 Å². The number of nitrogens with zero attached hydrogens (tertiary/aromatic N) is 2. The van der Waals surface area contributed by atoms with E-state index in [0.29, 0.717) is 23.1 Å². The standard InChI is InChI=1S/C19H17ClFN3O2/c1-2-26-17-12-24(15-9-7-14(21)8-10-15)23-18(17)19(25)22-11-13-5-3-4-6-16(13)20/h3-10,12H,2,11H2,1H3,(H,22,25). The van der Waals surface area contributed by atoms with Crippen molar-refractivity contribution in [3.63, 3.8) is 0 Å². The lowest BCUT2D eigenvalue weighted by molar-refractivity contribution is 0.0942. The van der Waals surface area contributed by atoms with E-state index >= 15 is 0 Å². The summed E-state index contributed by atoms with van der Waals surface area (Å²) in [6, 6.07) is 13.1. The van der Waals surface area contributed by atoms with E-state index in [1.54, 1.807) is 24.4 Å². The fraction of sp³-hybridized carbons (Fsp3) is 0.158. The molecule has 0 aliphatic carbocycles. The number of hydrogen-bond acceptors (Lipinski definition) is 3. The minimum Gasteiger partial charge on any atom is -0.490 e. The van der Waals surface area contributed by atoms with Crippen LogP contribution in [0.5, 0.6) is 5.75 Å². The molecule has 0 atom stereocenters. The summed E-state index contributed by atoms with van der Waals surface area (Å²) in [4.78, 5) is 12.6. The van der Waals surface area contributed by atoms with Gasteiger partial charge >= 0.3 is 0 Å². The van der Waals surface area contributed by atoms with E-state index in [1.165, 1.54) is 16.8 Å². The highest BCUT2D eigenvalue weighted by Crippen LogP contribution is 2.21. The summed E-state index contributed by atoms with van der Waals surface area (Å²) in [5, 5.41) is 7.66. The Kier molecular flexibility index (Phi) is 5.53. The zero-order chi connectivity index (χ0) is 18.5. The van der Waals surface area contributed by atoms with Crippen LogP contribution in [0.1, 0.15) is 23.0 Å². The molecule has 0 radical (unpaired) electrons. The Morgan fingerprint density at radius 2 is 1.96 bits per heavy atom. The number of ether oxygens (including phenoxy) is 1. The molecule has 1 aromatic heterocycles. The van der Waals surface area contributed by atoms with Gasteiger partial charge in [0.1, 0.15) is 5.82 Å². The van der Waals surface area contributed by atoms with Gasteiger partial charge in [-0.2, -0.15) is 5.10 Å². The van der Waals surface area contributed by atoms with E-state index in [2.05, 4.69) is 10.4 Å². The molecule has 0 spiro atoms. The molecule has 3 rings (SSSR count). The molecule has 0 bridgehead atoms. The van der Waals surface area contributed by atoms with Gasteiger partial charge < -0.3 is 10.1 Å². The predicted octanol–water partition coefficient (Wildman–Crippen LogP) is 3.99. The predicted molar refractivity (Wildman–Crippen MR) is 97.3 cm³/mol. The van der Waals surface area contributed by atoms with Crippen molar-refractivity contribution in [2.75, 3.05) is 6.61 Å². The van der Waals surface area contributed by atoms with Crippen molar-refractivity contribution in [2.24, 2.45) is 0 Å². The SMILES string of the molecule is CCOc1cn(-c2ccc(F)cc2)nc1C(=O)NCc1ccccc1Cl. The maximum absolute atomic E-state index is 13.1. The topological polar surface area (TPSA) is 56.2 Å². The Morgan fingerprint density at radius 3 is 2.65 bits per heavy atom. The van der Waals surface area contributed by atoms with Crippen molar-refractivity contribution in [3.8, 4) is 11.4 Å². The lowest BCUT2D eigenvalue weighted by Crippen LogP contribution is -2.24. The first-order valence-corrected chi connectivity index (χ1v) is 8.46. The molecule has 0 unspecified atom stereocenters. The number of rotatable bonds is 6. The molecule has 0 aliphatic rings. The van der Waals surface area contributed by atoms with E-state index < -0.39 is 0 Å². The van der Waals surface area contributed by atoms with Crippen LogP contribution in [0.15, 0.2) is 54.7 Å². The maximum Gasteiger partial charge on any atom is 0.275 e. The summed E-state index contributed by atoms with van der Waals surface area (Å²) >= 11 is 6.11. The maximum atomic E-state index is 13.1. The van der Waals surface area contributed by atoms with E-state index in [1.807, 2.05) is 25.1 Å². The van der Waals surface area contributed by atoms with Crippen LogP contribution in [-0.2, 0) is 6.54 Å². The van der Waals surface area contributed by atoms with Crippen LogP contribution in [0, 0.1) is 5.82 Å². The molecule has 0 fully saturated rings. The van der Waals surface area contributed by atoms with Gasteiger partial charge in [-0.05, 0) is 42.8 Å². The first kappa shape index (κ1) is 17.9. The van der Waals surface area contributed by atoms with Gasteiger partial charge in [0, 0.05) is 11.6 Å². The first-order chi connectivity index (χ1) is 12.6. The number of carbonyl (C=O) groups is 1. The van der Waals surface area contributed by atoms with Gasteiger partial charge in [-0.3, -0.25) is 4.79 Å². The van der Waals surface area contributed by atoms with Gasteiger partial charge in [-0.25, -0.2) is 9.07 Å². The van der Waals surface area contributed by atoms with Crippen LogP contribution in [-0.4, -0.2) is 22.3 Å². The third-order valence-electron chi connectivity index (χ3n) is 3.68. The molecule has 134 valence electrons. The van der Waals surface area contributed by atoms with Crippen LogP contribution < -0.4 is 10.1 Å². The monoisotopic (exact) mass is 373 g/mol. The number of nitrogens with one attached hydrogen (secondary N) is 1. The van der Waals surface area contributed by atoms with E-state index in [0.717, 1.165) is 5.56 Å². The molecule has 0 saturated heterocycles. The van der Waals surface area contributed by atoms with Gasteiger partial charge in [0.15, 0.2) is 11.4 Å². The summed E-state index contributed by atoms with van der Waals surface area (Å²) < 4.78 is 20.1. The Hall–Kier alpha value is -2.86. The largest absolute Gasteiger partial charge is 0.490 e. The van der Waals surface area contributed by atoms with Crippen molar-refractivity contribution in [1.29, 1.82) is 0 Å². The van der Waals surface area contributed by atoms with Crippen LogP contribution in [0.2, 0.25) is 5.02 Å². The van der Waals surface area contributed by atoms with Crippen molar-refractivity contribution in [2.45, 2.75) is 13.5 Å². The van der Waals surface area contributed by atoms with E-state index in [-0.39, 0.29) is 24.0 Å². The summed E-state index contributed by atoms with van der Waals surface area (Å²) in [6.45, 7) is 2.48. The highest BCUT2D eigenvalue weighted by molar-refractivity contribution is 6.31. The molecule has 1 N–H and O–H groups in total. The van der Waals surface area contributed by atoms with Crippen LogP contribution >= 0.6 is 11.6 Å². The first-order valence-electron chi connectivity index (χ1n) is 8.08. The minimum atomic E-state index is -0.380. The van der Waals surface area contributed by atoms with Crippen LogP contribution in [0.4, 0.5) is 4.39 Å². The van der Waals surface area contributed by atoms with Gasteiger partial charge in [0.05, 0.1) is 18.5 Å². The second kappa shape index (κ2) is 8.01. The normalized spacial score (nSPS) is 10.6. The van der Waals surface area contributed by atoms with Gasteiger partial charge in [0.2, 0.25) is 0 Å². The fourth-order valence-corrected chi connectivity index (χ4v) is 2.61. The molecule has 26 heavy (non-hydrogen) atoms. The number of halogens is 2. The molecule has 1 amide bonds. The second-order valence-corrected chi connectivity index (χ2v) is 5.88. The molecule has 7 heteroatoms. The zero-order valence-electron chi connectivity index (χ0n) is 14.1. The Labute approximate surface area is 155 Å². The lowest BCUT2D eigenvalue weighted by atomic mass is 10.2. The zero-order valence-corrected chi connectivity index (χ0v) is 14.8. The van der Waals surface area contributed by atoms with Crippen LogP contribution in [0.25, 0.3) is 5.69 Å². The van der Waals surface area contributed by atoms with E-state index in [9.17, 15) is 9.18 Å². The summed E-state index contributed by atoms with van der Waals surface area (Å²) in [5.41, 5.74) is 1.58. The van der Waals surface area contributed by atoms with Gasteiger partial charge in [-0.15, -0.1) is 0 Å². The molecule has 1 heterocycles. The van der Waals surface area contributed by atoms with Crippen molar-refractivity contribution >= 4 is 17.5 Å². The second-order valence-electron chi connectivity index (χ2n) is 5.47. The highest BCUT2D eigenvalue weighted by atomic mass is 35.5. The summed E-state index contributed by atoms with van der Waals surface area (Å²) in [6.07, 6.45) is 1.60. The third kappa shape index (κ3) is 4.03. The number of benzene rings is 2. The Morgan fingerprint density at radius 1 is 1.23 bits per heavy atom. The molecular formula is C19H17ClFN3O2. The average Bonchev–Trinajstić information content (AvgIpc) is 3.06. The molecule has 0 aliphatic heterocycles. The smallest absolute Gasteiger partial charge is 0.275 e. The van der Waals surface area contributed by atoms with Gasteiger partial charge in [-0.1, -0.05) is 29.8 Å². The average molecular weight is 374 g/mol. The fourth-order valence-electron chi connectivity index (χ4n) is 2.40. The molecule has 0 saturated carbocycles. The molecule has 2 aromatic carbocycles. The Bertz CT molecular complexity index is 909. The quantitative estimate of drug-likeness (QED) is 0.710. The number of amides is 1. The van der Waals surface area contributed by atoms with Crippen LogP contribution in [0.3, 0.4) is 0 Å². The summed E-state index contributed by atoms with van der Waals surface area (Å²) in [5.74, 6) is -0.369. The minimum absolute atomic E-state index is 0.156. The molecule has 3 aromatic rings. The Balaban J connectivity index is 1.82.